The fourth-order valence-electron chi connectivity index (χ4n) is 2.10. The molecule has 1 aromatic carbocycles. The first-order chi connectivity index (χ1) is 11.8. The maximum Gasteiger partial charge on any atom is 0.408 e. The summed E-state index contributed by atoms with van der Waals surface area (Å²) in [6.07, 6.45) is 1.92. The number of alkyl carbamates (subject to hydrolysis) is 1. The second kappa shape index (κ2) is 8.58. The molecule has 25 heavy (non-hydrogen) atoms. The minimum absolute atomic E-state index is 0.421. The summed E-state index contributed by atoms with van der Waals surface area (Å²) in [5.41, 5.74) is 0.401. The van der Waals surface area contributed by atoms with Gasteiger partial charge < -0.3 is 14.6 Å². The van der Waals surface area contributed by atoms with E-state index in [-0.39, 0.29) is 0 Å². The SMILES string of the molecule is CSCc1nc(C(Cc2ccc(Cl)cc2)NC(=O)OC(C)(C)C)no1. The van der Waals surface area contributed by atoms with Crippen molar-refractivity contribution < 1.29 is 14.1 Å². The number of rotatable bonds is 6. The topological polar surface area (TPSA) is 77.2 Å². The van der Waals surface area contributed by atoms with Gasteiger partial charge in [0.25, 0.3) is 0 Å². The molecule has 1 N–H and O–H groups in total. The van der Waals surface area contributed by atoms with Crippen molar-refractivity contribution in [3.8, 4) is 0 Å². The van der Waals surface area contributed by atoms with Crippen LogP contribution in [0.1, 0.15) is 44.1 Å². The second-order valence-corrected chi connectivity index (χ2v) is 7.81. The Labute approximate surface area is 156 Å². The molecular weight excluding hydrogens is 362 g/mol. The van der Waals surface area contributed by atoms with Crippen LogP contribution in [0.3, 0.4) is 0 Å². The minimum atomic E-state index is -0.587. The summed E-state index contributed by atoms with van der Waals surface area (Å²) in [4.78, 5) is 16.5. The number of ether oxygens (including phenoxy) is 1. The van der Waals surface area contributed by atoms with Crippen LogP contribution in [-0.2, 0) is 16.9 Å². The first-order valence-electron chi connectivity index (χ1n) is 7.82. The minimum Gasteiger partial charge on any atom is -0.444 e. The lowest BCUT2D eigenvalue weighted by molar-refractivity contribution is 0.0500. The van der Waals surface area contributed by atoms with Crippen molar-refractivity contribution in [1.29, 1.82) is 0 Å². The van der Waals surface area contributed by atoms with E-state index in [2.05, 4.69) is 15.5 Å². The summed E-state index contributed by atoms with van der Waals surface area (Å²) >= 11 is 7.51. The van der Waals surface area contributed by atoms with Crippen molar-refractivity contribution in [2.24, 2.45) is 0 Å². The Morgan fingerprint density at radius 1 is 1.36 bits per heavy atom. The van der Waals surface area contributed by atoms with Gasteiger partial charge in [-0.1, -0.05) is 28.9 Å². The third-order valence-corrected chi connectivity index (χ3v) is 3.89. The molecule has 1 amide bonds. The monoisotopic (exact) mass is 383 g/mol. The van der Waals surface area contributed by atoms with Crippen molar-refractivity contribution >= 4 is 29.5 Å². The lowest BCUT2D eigenvalue weighted by Crippen LogP contribution is -2.36. The van der Waals surface area contributed by atoms with Gasteiger partial charge in [0.15, 0.2) is 5.82 Å². The molecule has 2 aromatic rings. The summed E-state index contributed by atoms with van der Waals surface area (Å²) < 4.78 is 10.6. The Morgan fingerprint density at radius 2 is 2.04 bits per heavy atom. The third kappa shape index (κ3) is 6.59. The molecule has 0 radical (unpaired) electrons. The number of halogens is 1. The molecule has 6 nitrogen and oxygen atoms in total. The molecule has 0 bridgehead atoms. The van der Waals surface area contributed by atoms with Crippen LogP contribution in [0.2, 0.25) is 5.02 Å². The molecule has 8 heteroatoms. The van der Waals surface area contributed by atoms with Gasteiger partial charge >= 0.3 is 6.09 Å². The zero-order valence-electron chi connectivity index (χ0n) is 14.7. The molecule has 0 fully saturated rings. The molecular formula is C17H22ClN3O3S. The van der Waals surface area contributed by atoms with Crippen LogP contribution in [0.25, 0.3) is 0 Å². The Bertz CT molecular complexity index is 698. The van der Waals surface area contributed by atoms with E-state index in [1.54, 1.807) is 23.9 Å². The van der Waals surface area contributed by atoms with E-state index >= 15 is 0 Å². The van der Waals surface area contributed by atoms with Gasteiger partial charge in [-0.25, -0.2) is 4.79 Å². The number of benzene rings is 1. The van der Waals surface area contributed by atoms with E-state index in [0.29, 0.717) is 28.9 Å². The first kappa shape index (κ1) is 19.6. The van der Waals surface area contributed by atoms with Crippen LogP contribution < -0.4 is 5.32 Å². The van der Waals surface area contributed by atoms with Gasteiger partial charge in [-0.3, -0.25) is 0 Å². The number of aromatic nitrogens is 2. The van der Waals surface area contributed by atoms with E-state index < -0.39 is 17.7 Å². The number of amides is 1. The standard InChI is InChI=1S/C17H22ClN3O3S/c1-17(2,3)23-16(22)19-13(9-11-5-7-12(18)8-6-11)15-20-14(10-25-4)24-21-15/h5-8,13H,9-10H2,1-4H3,(H,19,22). The summed E-state index contributed by atoms with van der Waals surface area (Å²) in [6.45, 7) is 5.43. The molecule has 0 spiro atoms. The Hall–Kier alpha value is -1.73. The van der Waals surface area contributed by atoms with Crippen molar-refractivity contribution in [2.75, 3.05) is 6.26 Å². The molecule has 0 aliphatic carbocycles. The zero-order valence-corrected chi connectivity index (χ0v) is 16.3. The summed E-state index contributed by atoms with van der Waals surface area (Å²) in [7, 11) is 0. The molecule has 0 saturated carbocycles. The van der Waals surface area contributed by atoms with Crippen molar-refractivity contribution in [2.45, 2.75) is 44.6 Å². The lowest BCUT2D eigenvalue weighted by Gasteiger charge is -2.22. The second-order valence-electron chi connectivity index (χ2n) is 6.51. The first-order valence-corrected chi connectivity index (χ1v) is 9.59. The fourth-order valence-corrected chi connectivity index (χ4v) is 2.59. The highest BCUT2D eigenvalue weighted by Crippen LogP contribution is 2.20. The molecule has 136 valence electrons. The molecule has 0 saturated heterocycles. The lowest BCUT2D eigenvalue weighted by atomic mass is 10.1. The van der Waals surface area contributed by atoms with Gasteiger partial charge in [0.1, 0.15) is 5.60 Å². The molecule has 2 rings (SSSR count). The smallest absolute Gasteiger partial charge is 0.408 e. The quantitative estimate of drug-likeness (QED) is 0.796. The predicted molar refractivity (Wildman–Crippen MR) is 98.8 cm³/mol. The average Bonchev–Trinajstić information content (AvgIpc) is 2.96. The molecule has 1 unspecified atom stereocenters. The largest absolute Gasteiger partial charge is 0.444 e. The summed E-state index contributed by atoms with van der Waals surface area (Å²) in [6, 6.07) is 6.94. The normalized spacial score (nSPS) is 12.7. The molecule has 1 atom stereocenters. The number of carbonyl (C=O) groups excluding carboxylic acids is 1. The van der Waals surface area contributed by atoms with E-state index in [1.165, 1.54) is 0 Å². The van der Waals surface area contributed by atoms with Crippen LogP contribution in [0, 0.1) is 0 Å². The highest BCUT2D eigenvalue weighted by atomic mass is 35.5. The number of thioether (sulfide) groups is 1. The van der Waals surface area contributed by atoms with Gasteiger partial charge in [-0.05, 0) is 44.7 Å². The number of nitrogens with zero attached hydrogens (tertiary/aromatic N) is 2. The summed E-state index contributed by atoms with van der Waals surface area (Å²) in [5.74, 6) is 1.56. The maximum atomic E-state index is 12.2. The Balaban J connectivity index is 2.17. The predicted octanol–water partition coefficient (Wildman–Crippen LogP) is 4.39. The molecule has 1 aromatic heterocycles. The van der Waals surface area contributed by atoms with Crippen LogP contribution in [-0.4, -0.2) is 28.1 Å². The Kier molecular flexibility index (Phi) is 6.72. The van der Waals surface area contributed by atoms with Gasteiger partial charge in [0, 0.05) is 11.4 Å². The highest BCUT2D eigenvalue weighted by Gasteiger charge is 2.24. The third-order valence-electron chi connectivity index (χ3n) is 3.11. The number of hydrogen-bond donors (Lipinski definition) is 1. The van der Waals surface area contributed by atoms with Gasteiger partial charge in [0.2, 0.25) is 5.89 Å². The van der Waals surface area contributed by atoms with E-state index in [4.69, 9.17) is 20.9 Å². The van der Waals surface area contributed by atoms with Crippen LogP contribution in [0.15, 0.2) is 28.8 Å². The maximum absolute atomic E-state index is 12.2. The summed E-state index contributed by atoms with van der Waals surface area (Å²) in [5, 5.41) is 7.48. The number of hydrogen-bond acceptors (Lipinski definition) is 6. The highest BCUT2D eigenvalue weighted by molar-refractivity contribution is 7.97. The van der Waals surface area contributed by atoms with Crippen LogP contribution in [0.4, 0.5) is 4.79 Å². The van der Waals surface area contributed by atoms with Gasteiger partial charge in [-0.2, -0.15) is 16.7 Å². The Morgan fingerprint density at radius 3 is 2.64 bits per heavy atom. The zero-order chi connectivity index (χ0) is 18.4. The van der Waals surface area contributed by atoms with Gasteiger partial charge in [0.05, 0.1) is 11.8 Å². The van der Waals surface area contributed by atoms with Crippen LogP contribution >= 0.6 is 23.4 Å². The van der Waals surface area contributed by atoms with Crippen molar-refractivity contribution in [1.82, 2.24) is 15.5 Å². The molecule has 0 aliphatic rings. The van der Waals surface area contributed by atoms with E-state index in [9.17, 15) is 4.79 Å². The van der Waals surface area contributed by atoms with Crippen molar-refractivity contribution in [3.63, 3.8) is 0 Å². The van der Waals surface area contributed by atoms with Crippen LogP contribution in [0.5, 0.6) is 0 Å². The van der Waals surface area contributed by atoms with E-state index in [1.807, 2.05) is 39.2 Å². The fraction of sp³-hybridized carbons (Fsp3) is 0.471. The molecule has 0 aliphatic heterocycles. The number of nitrogens with one attached hydrogen (secondary N) is 1. The van der Waals surface area contributed by atoms with Gasteiger partial charge in [-0.15, -0.1) is 0 Å². The average molecular weight is 384 g/mol. The molecule has 1 heterocycles. The number of carbonyl (C=O) groups is 1. The van der Waals surface area contributed by atoms with E-state index in [0.717, 1.165) is 5.56 Å². The van der Waals surface area contributed by atoms with Crippen molar-refractivity contribution in [3.05, 3.63) is 46.6 Å².